The summed E-state index contributed by atoms with van der Waals surface area (Å²) < 4.78 is 0. The van der Waals surface area contributed by atoms with Gasteiger partial charge in [-0.25, -0.2) is 0 Å². The minimum Gasteiger partial charge on any atom is -0.125 e. The first-order valence-electron chi connectivity index (χ1n) is 4.20. The Bertz CT molecular complexity index is 141. The fourth-order valence-electron chi connectivity index (χ4n) is 1.32. The second-order valence-corrected chi connectivity index (χ2v) is 13.0. The molecule has 12 heavy (non-hydrogen) atoms. The maximum Gasteiger partial charge on any atom is 0.347 e. The molecule has 0 aliphatic rings. The first kappa shape index (κ1) is 13.1. The number of hydrogen-bond donors (Lipinski definition) is 0. The molecule has 0 amide bonds. The first-order chi connectivity index (χ1) is 5.14. The van der Waals surface area contributed by atoms with Crippen molar-refractivity contribution in [2.75, 3.05) is 0 Å². The number of halogens is 3. The molecule has 0 heterocycles. The SMILES string of the molecule is CC(C)C(C)(C(C)C)[Si](Cl)(Cl)Cl. The smallest absolute Gasteiger partial charge is 0.125 e. The van der Waals surface area contributed by atoms with E-state index in [0.717, 1.165) is 0 Å². The van der Waals surface area contributed by atoms with E-state index in [1.165, 1.54) is 0 Å². The molecule has 0 saturated carbocycles. The van der Waals surface area contributed by atoms with Crippen LogP contribution in [-0.4, -0.2) is 6.00 Å². The van der Waals surface area contributed by atoms with Crippen LogP contribution in [0.2, 0.25) is 5.04 Å². The van der Waals surface area contributed by atoms with E-state index in [4.69, 9.17) is 33.2 Å². The van der Waals surface area contributed by atoms with E-state index in [2.05, 4.69) is 34.6 Å². The van der Waals surface area contributed by atoms with Crippen molar-refractivity contribution in [1.82, 2.24) is 0 Å². The van der Waals surface area contributed by atoms with Crippen molar-refractivity contribution in [3.8, 4) is 0 Å². The Morgan fingerprint density at radius 2 is 1.17 bits per heavy atom. The van der Waals surface area contributed by atoms with Crippen molar-refractivity contribution in [3.05, 3.63) is 0 Å². The lowest BCUT2D eigenvalue weighted by Gasteiger charge is -2.41. The summed E-state index contributed by atoms with van der Waals surface area (Å²) in [6.45, 7) is 10.6. The van der Waals surface area contributed by atoms with Crippen molar-refractivity contribution >= 4 is 39.2 Å². The predicted octanol–water partition coefficient (Wildman–Crippen LogP) is 4.71. The van der Waals surface area contributed by atoms with Gasteiger partial charge in [-0.3, -0.25) is 0 Å². The van der Waals surface area contributed by atoms with Gasteiger partial charge in [0.25, 0.3) is 0 Å². The molecule has 0 bridgehead atoms. The molecular weight excluding hydrogens is 231 g/mol. The fraction of sp³-hybridized carbons (Fsp3) is 1.00. The van der Waals surface area contributed by atoms with Crippen LogP contribution in [0.1, 0.15) is 34.6 Å². The molecule has 0 atom stereocenters. The van der Waals surface area contributed by atoms with Gasteiger partial charge in [0, 0.05) is 5.04 Å². The van der Waals surface area contributed by atoms with E-state index in [9.17, 15) is 0 Å². The van der Waals surface area contributed by atoms with Gasteiger partial charge in [-0.05, 0) is 11.8 Å². The van der Waals surface area contributed by atoms with Gasteiger partial charge >= 0.3 is 6.00 Å². The van der Waals surface area contributed by atoms with Crippen LogP contribution >= 0.6 is 33.2 Å². The Morgan fingerprint density at radius 1 is 0.917 bits per heavy atom. The third kappa shape index (κ3) is 2.31. The predicted molar refractivity (Wildman–Crippen MR) is 61.4 cm³/mol. The minimum absolute atomic E-state index is 0.127. The van der Waals surface area contributed by atoms with Gasteiger partial charge in [0.2, 0.25) is 0 Å². The molecular formula is C8H17Cl3Si. The van der Waals surface area contributed by atoms with Crippen molar-refractivity contribution in [2.24, 2.45) is 11.8 Å². The lowest BCUT2D eigenvalue weighted by atomic mass is 9.86. The quantitative estimate of drug-likeness (QED) is 0.500. The molecule has 0 saturated heterocycles. The van der Waals surface area contributed by atoms with Crippen molar-refractivity contribution < 1.29 is 0 Å². The van der Waals surface area contributed by atoms with E-state index in [0.29, 0.717) is 11.8 Å². The molecule has 74 valence electrons. The van der Waals surface area contributed by atoms with E-state index in [-0.39, 0.29) is 5.04 Å². The van der Waals surface area contributed by atoms with E-state index in [1.807, 2.05) is 0 Å². The molecule has 0 fully saturated rings. The zero-order valence-electron chi connectivity index (χ0n) is 8.29. The summed E-state index contributed by atoms with van der Waals surface area (Å²) in [4.78, 5) is 0. The molecule has 0 aliphatic heterocycles. The molecule has 0 N–H and O–H groups in total. The molecule has 0 aliphatic carbocycles. The molecule has 0 aromatic heterocycles. The van der Waals surface area contributed by atoms with Crippen molar-refractivity contribution in [3.63, 3.8) is 0 Å². The Kier molecular flexibility index (Phi) is 4.45. The van der Waals surface area contributed by atoms with Gasteiger partial charge in [-0.2, -0.15) is 0 Å². The summed E-state index contributed by atoms with van der Waals surface area (Å²) in [6, 6.07) is -2.62. The monoisotopic (exact) mass is 246 g/mol. The lowest BCUT2D eigenvalue weighted by Crippen LogP contribution is -2.39. The van der Waals surface area contributed by atoms with Crippen molar-refractivity contribution in [2.45, 2.75) is 39.7 Å². The average molecular weight is 248 g/mol. The molecule has 0 nitrogen and oxygen atoms in total. The molecule has 4 heteroatoms. The van der Waals surface area contributed by atoms with Gasteiger partial charge in [-0.1, -0.05) is 34.6 Å². The zero-order chi connectivity index (χ0) is 10.2. The Hall–Kier alpha value is 1.09. The highest BCUT2D eigenvalue weighted by atomic mass is 35.8. The lowest BCUT2D eigenvalue weighted by molar-refractivity contribution is 0.333. The largest absolute Gasteiger partial charge is 0.347 e. The third-order valence-electron chi connectivity index (χ3n) is 3.01. The molecule has 0 aromatic carbocycles. The number of hydrogen-bond acceptors (Lipinski definition) is 0. The summed E-state index contributed by atoms with van der Waals surface area (Å²) in [5.41, 5.74) is 0. The van der Waals surface area contributed by atoms with Gasteiger partial charge < -0.3 is 0 Å². The van der Waals surface area contributed by atoms with Gasteiger partial charge in [0.1, 0.15) is 0 Å². The normalized spacial score (nSPS) is 14.5. The second kappa shape index (κ2) is 4.08. The van der Waals surface area contributed by atoms with Crippen LogP contribution in [0.15, 0.2) is 0 Å². The van der Waals surface area contributed by atoms with E-state index in [1.54, 1.807) is 0 Å². The zero-order valence-corrected chi connectivity index (χ0v) is 11.6. The van der Waals surface area contributed by atoms with Crippen LogP contribution in [0.3, 0.4) is 0 Å². The summed E-state index contributed by atoms with van der Waals surface area (Å²) in [5, 5.41) is -0.127. The van der Waals surface area contributed by atoms with Gasteiger partial charge in [-0.15, -0.1) is 33.2 Å². The summed E-state index contributed by atoms with van der Waals surface area (Å²) in [6.07, 6.45) is 0. The average Bonchev–Trinajstić information content (AvgIpc) is 1.82. The maximum absolute atomic E-state index is 6.10. The van der Waals surface area contributed by atoms with Gasteiger partial charge in [0.05, 0.1) is 0 Å². The molecule has 0 unspecified atom stereocenters. The summed E-state index contributed by atoms with van der Waals surface area (Å²) >= 11 is 18.3. The third-order valence-corrected chi connectivity index (χ3v) is 9.05. The van der Waals surface area contributed by atoms with E-state index >= 15 is 0 Å². The highest BCUT2D eigenvalue weighted by Crippen LogP contribution is 2.56. The van der Waals surface area contributed by atoms with Crippen LogP contribution in [0.25, 0.3) is 0 Å². The highest BCUT2D eigenvalue weighted by Gasteiger charge is 2.51. The minimum atomic E-state index is -2.62. The summed E-state index contributed by atoms with van der Waals surface area (Å²) in [5.74, 6) is 0.827. The highest BCUT2D eigenvalue weighted by molar-refractivity contribution is 7.65. The Balaban J connectivity index is 4.89. The Labute approximate surface area is 90.7 Å². The topological polar surface area (TPSA) is 0 Å². The molecule has 0 aromatic rings. The molecule has 0 spiro atoms. The van der Waals surface area contributed by atoms with Crippen LogP contribution in [-0.2, 0) is 0 Å². The molecule has 0 rings (SSSR count). The first-order valence-corrected chi connectivity index (χ1v) is 9.24. The fourth-order valence-corrected chi connectivity index (χ4v) is 6.56. The van der Waals surface area contributed by atoms with Crippen molar-refractivity contribution in [1.29, 1.82) is 0 Å². The van der Waals surface area contributed by atoms with Crippen LogP contribution < -0.4 is 0 Å². The second-order valence-electron chi connectivity index (χ2n) is 4.09. The Morgan fingerprint density at radius 3 is 1.17 bits per heavy atom. The molecule has 0 radical (unpaired) electrons. The maximum atomic E-state index is 6.10. The van der Waals surface area contributed by atoms with Crippen LogP contribution in [0.4, 0.5) is 0 Å². The standard InChI is InChI=1S/C8H17Cl3Si/c1-6(2)8(5,7(3)4)12(9,10)11/h6-7H,1-5H3. The van der Waals surface area contributed by atoms with Crippen LogP contribution in [0.5, 0.6) is 0 Å². The van der Waals surface area contributed by atoms with Gasteiger partial charge in [0.15, 0.2) is 0 Å². The van der Waals surface area contributed by atoms with Crippen LogP contribution in [0, 0.1) is 11.8 Å². The summed E-state index contributed by atoms with van der Waals surface area (Å²) in [7, 11) is 0. The number of rotatable bonds is 3. The van der Waals surface area contributed by atoms with E-state index < -0.39 is 6.00 Å².